The minimum Gasteiger partial charge on any atom is -0.298 e. The summed E-state index contributed by atoms with van der Waals surface area (Å²) < 4.78 is 6.01. The molecule has 0 aliphatic rings. The average molecular weight is 393 g/mol. The van der Waals surface area contributed by atoms with Crippen LogP contribution in [0.5, 0.6) is 0 Å². The molecule has 1 unspecified atom stereocenters. The van der Waals surface area contributed by atoms with Crippen LogP contribution in [0.2, 0.25) is 0 Å². The van der Waals surface area contributed by atoms with E-state index in [0.29, 0.717) is 11.4 Å². The SMILES string of the molecule is CC(=O)C(C)n1c(=O)c2c(nc3n(-c4cccc(C)c4C)c(C)cn23)n(C)c1=O. The number of Topliss-reactive ketones (excluding diaryl/α,β-unsaturated/α-hetero) is 1. The molecule has 150 valence electrons. The number of hydrogen-bond donors (Lipinski definition) is 0. The Morgan fingerprint density at radius 2 is 1.83 bits per heavy atom. The number of ketones is 1. The predicted octanol–water partition coefficient (Wildman–Crippen LogP) is 2.21. The fraction of sp³-hybridized carbons (Fsp3) is 0.333. The number of carbonyl (C=O) groups is 1. The van der Waals surface area contributed by atoms with Crippen molar-refractivity contribution in [3.8, 4) is 5.69 Å². The van der Waals surface area contributed by atoms with E-state index in [1.165, 1.54) is 11.5 Å². The quantitative estimate of drug-likeness (QED) is 0.534. The highest BCUT2D eigenvalue weighted by atomic mass is 16.2. The number of hydrogen-bond acceptors (Lipinski definition) is 4. The van der Waals surface area contributed by atoms with Crippen molar-refractivity contribution in [2.45, 2.75) is 40.7 Å². The molecule has 0 aliphatic carbocycles. The van der Waals surface area contributed by atoms with Crippen LogP contribution < -0.4 is 11.2 Å². The zero-order valence-electron chi connectivity index (χ0n) is 17.3. The van der Waals surface area contributed by atoms with Gasteiger partial charge in [-0.15, -0.1) is 0 Å². The highest BCUT2D eigenvalue weighted by Crippen LogP contribution is 2.24. The van der Waals surface area contributed by atoms with Crippen LogP contribution >= 0.6 is 0 Å². The number of aromatic nitrogens is 5. The molecule has 4 rings (SSSR count). The molecule has 3 aromatic heterocycles. The molecule has 0 saturated heterocycles. The Labute approximate surface area is 166 Å². The maximum absolute atomic E-state index is 13.2. The van der Waals surface area contributed by atoms with E-state index in [1.807, 2.05) is 49.7 Å². The zero-order valence-corrected chi connectivity index (χ0v) is 17.3. The van der Waals surface area contributed by atoms with Crippen molar-refractivity contribution < 1.29 is 4.79 Å². The number of carbonyl (C=O) groups excluding carboxylic acids is 1. The third-order valence-corrected chi connectivity index (χ3v) is 5.77. The van der Waals surface area contributed by atoms with Gasteiger partial charge in [0.1, 0.15) is 0 Å². The van der Waals surface area contributed by atoms with Gasteiger partial charge in [-0.2, -0.15) is 4.98 Å². The van der Waals surface area contributed by atoms with E-state index in [0.717, 1.165) is 27.1 Å². The van der Waals surface area contributed by atoms with Gasteiger partial charge in [-0.3, -0.25) is 23.1 Å². The summed E-state index contributed by atoms with van der Waals surface area (Å²) in [5, 5.41) is 0. The van der Waals surface area contributed by atoms with E-state index < -0.39 is 17.3 Å². The summed E-state index contributed by atoms with van der Waals surface area (Å²) >= 11 is 0. The normalized spacial score (nSPS) is 12.8. The second kappa shape index (κ2) is 6.30. The Morgan fingerprint density at radius 3 is 2.48 bits per heavy atom. The summed E-state index contributed by atoms with van der Waals surface area (Å²) in [4.78, 5) is 42.5. The van der Waals surface area contributed by atoms with Gasteiger partial charge in [-0.25, -0.2) is 9.36 Å². The Balaban J connectivity index is 2.17. The lowest BCUT2D eigenvalue weighted by molar-refractivity contribution is -0.119. The third kappa shape index (κ3) is 2.52. The van der Waals surface area contributed by atoms with Gasteiger partial charge in [0.25, 0.3) is 5.56 Å². The van der Waals surface area contributed by atoms with Crippen molar-refractivity contribution in [2.75, 3.05) is 0 Å². The highest BCUT2D eigenvalue weighted by Gasteiger charge is 2.24. The van der Waals surface area contributed by atoms with Crippen LogP contribution in [-0.4, -0.2) is 28.9 Å². The molecule has 1 atom stereocenters. The van der Waals surface area contributed by atoms with Crippen LogP contribution in [0.25, 0.3) is 22.6 Å². The Kier molecular flexibility index (Phi) is 4.11. The second-order valence-corrected chi connectivity index (χ2v) is 7.58. The summed E-state index contributed by atoms with van der Waals surface area (Å²) in [6.07, 6.45) is 1.83. The van der Waals surface area contributed by atoms with Gasteiger partial charge < -0.3 is 0 Å². The molecule has 0 saturated carbocycles. The van der Waals surface area contributed by atoms with Crippen LogP contribution in [0, 0.1) is 20.8 Å². The smallest absolute Gasteiger partial charge is 0.298 e. The molecule has 0 N–H and O–H groups in total. The van der Waals surface area contributed by atoms with Gasteiger partial charge >= 0.3 is 5.69 Å². The Bertz CT molecular complexity index is 1430. The molecule has 0 radical (unpaired) electrons. The molecule has 3 heterocycles. The lowest BCUT2D eigenvalue weighted by atomic mass is 10.1. The van der Waals surface area contributed by atoms with Gasteiger partial charge in [0.15, 0.2) is 16.9 Å². The lowest BCUT2D eigenvalue weighted by Crippen LogP contribution is -2.42. The average Bonchev–Trinajstić information content (AvgIpc) is 3.17. The van der Waals surface area contributed by atoms with Crippen molar-refractivity contribution in [1.82, 2.24) is 23.1 Å². The zero-order chi connectivity index (χ0) is 21.2. The van der Waals surface area contributed by atoms with E-state index in [-0.39, 0.29) is 11.3 Å². The number of imidazole rings is 2. The molecule has 0 bridgehead atoms. The van der Waals surface area contributed by atoms with Crippen molar-refractivity contribution in [3.63, 3.8) is 0 Å². The van der Waals surface area contributed by atoms with Crippen LogP contribution in [0.1, 0.15) is 36.7 Å². The first-order valence-electron chi connectivity index (χ1n) is 9.43. The van der Waals surface area contributed by atoms with E-state index >= 15 is 0 Å². The fourth-order valence-corrected chi connectivity index (χ4v) is 3.78. The summed E-state index contributed by atoms with van der Waals surface area (Å²) in [6.45, 7) is 8.96. The largest absolute Gasteiger partial charge is 0.333 e. The molecule has 8 heteroatoms. The Hall–Kier alpha value is -3.42. The topological polar surface area (TPSA) is 83.3 Å². The molecular formula is C21H23N5O3. The summed E-state index contributed by atoms with van der Waals surface area (Å²) in [7, 11) is 1.56. The van der Waals surface area contributed by atoms with Crippen LogP contribution in [0.4, 0.5) is 0 Å². The molecule has 0 aliphatic heterocycles. The number of fused-ring (bicyclic) bond motifs is 3. The number of rotatable bonds is 3. The minimum absolute atomic E-state index is 0.256. The van der Waals surface area contributed by atoms with Crippen LogP contribution in [0.15, 0.2) is 34.0 Å². The van der Waals surface area contributed by atoms with E-state index in [9.17, 15) is 14.4 Å². The van der Waals surface area contributed by atoms with Crippen molar-refractivity contribution in [2.24, 2.45) is 7.05 Å². The monoisotopic (exact) mass is 393 g/mol. The van der Waals surface area contributed by atoms with Crippen LogP contribution in [-0.2, 0) is 11.8 Å². The number of aryl methyl sites for hydroxylation is 3. The summed E-state index contributed by atoms with van der Waals surface area (Å²) in [5.41, 5.74) is 3.63. The van der Waals surface area contributed by atoms with Gasteiger partial charge in [0, 0.05) is 18.9 Å². The van der Waals surface area contributed by atoms with Crippen molar-refractivity contribution in [3.05, 3.63) is 62.1 Å². The molecule has 0 amide bonds. The van der Waals surface area contributed by atoms with Crippen molar-refractivity contribution in [1.29, 1.82) is 0 Å². The molecular weight excluding hydrogens is 370 g/mol. The van der Waals surface area contributed by atoms with Gasteiger partial charge in [-0.05, 0) is 51.8 Å². The van der Waals surface area contributed by atoms with Crippen molar-refractivity contribution >= 4 is 22.7 Å². The Morgan fingerprint density at radius 1 is 1.14 bits per heavy atom. The van der Waals surface area contributed by atoms with E-state index in [1.54, 1.807) is 18.4 Å². The predicted molar refractivity (Wildman–Crippen MR) is 111 cm³/mol. The summed E-state index contributed by atoms with van der Waals surface area (Å²) in [6, 6.07) is 5.18. The number of nitrogens with zero attached hydrogens (tertiary/aromatic N) is 5. The first kappa shape index (κ1) is 18.9. The molecule has 8 nitrogen and oxygen atoms in total. The maximum atomic E-state index is 13.2. The second-order valence-electron chi connectivity index (χ2n) is 7.58. The fourth-order valence-electron chi connectivity index (χ4n) is 3.78. The van der Waals surface area contributed by atoms with E-state index in [4.69, 9.17) is 0 Å². The highest BCUT2D eigenvalue weighted by molar-refractivity contribution is 5.81. The van der Waals surface area contributed by atoms with Gasteiger partial charge in [-0.1, -0.05) is 12.1 Å². The van der Waals surface area contributed by atoms with E-state index in [2.05, 4.69) is 4.98 Å². The van der Waals surface area contributed by atoms with Gasteiger partial charge in [0.2, 0.25) is 5.78 Å². The first-order valence-corrected chi connectivity index (χ1v) is 9.43. The van der Waals surface area contributed by atoms with Crippen LogP contribution in [0.3, 0.4) is 0 Å². The number of benzene rings is 1. The minimum atomic E-state index is -0.849. The third-order valence-electron chi connectivity index (χ3n) is 5.77. The molecule has 1 aromatic carbocycles. The summed E-state index contributed by atoms with van der Waals surface area (Å²) in [5.74, 6) is 0.292. The lowest BCUT2D eigenvalue weighted by Gasteiger charge is -2.12. The molecule has 0 spiro atoms. The first-order chi connectivity index (χ1) is 13.6. The molecule has 29 heavy (non-hydrogen) atoms. The maximum Gasteiger partial charge on any atom is 0.333 e. The standard InChI is InChI=1S/C21H23N5O3/c1-11-8-7-9-16(13(11)3)25-12(2)10-24-17-18(22-20(24)25)23(6)21(29)26(19(17)28)14(4)15(5)27/h7-10,14H,1-6H3. The molecule has 4 aromatic rings. The van der Waals surface area contributed by atoms with Gasteiger partial charge in [0.05, 0.1) is 11.7 Å². The molecule has 0 fully saturated rings.